The summed E-state index contributed by atoms with van der Waals surface area (Å²) >= 11 is 0. The van der Waals surface area contributed by atoms with Gasteiger partial charge in [0.15, 0.2) is 0 Å². The maximum atomic E-state index is 5.90. The molecule has 3 N–H and O–H groups in total. The van der Waals surface area contributed by atoms with Gasteiger partial charge in [-0.3, -0.25) is 0 Å². The zero-order valence-corrected chi connectivity index (χ0v) is 18.2. The lowest BCUT2D eigenvalue weighted by Crippen LogP contribution is -2.16. The highest BCUT2D eigenvalue weighted by atomic mass is 16.5. The van der Waals surface area contributed by atoms with E-state index in [4.69, 9.17) is 4.74 Å². The van der Waals surface area contributed by atoms with Gasteiger partial charge in [0.1, 0.15) is 0 Å². The van der Waals surface area contributed by atoms with Crippen molar-refractivity contribution >= 4 is 0 Å². The summed E-state index contributed by atoms with van der Waals surface area (Å²) < 4.78 is 5.90. The second kappa shape index (κ2) is 15.9. The van der Waals surface area contributed by atoms with Gasteiger partial charge in [0.2, 0.25) is 0 Å². The van der Waals surface area contributed by atoms with Gasteiger partial charge < -0.3 is 15.8 Å². The topological polar surface area (TPSA) is 47.5 Å². The predicted molar refractivity (Wildman–Crippen MR) is 110 cm³/mol. The van der Waals surface area contributed by atoms with Crippen LogP contribution < -0.4 is 6.15 Å². The Kier molecular flexibility index (Phi) is 18.7. The quantitative estimate of drug-likeness (QED) is 0.416. The van der Waals surface area contributed by atoms with E-state index >= 15 is 0 Å². The summed E-state index contributed by atoms with van der Waals surface area (Å²) in [6.07, 6.45) is 4.58. The molecule has 1 unspecified atom stereocenters. The molecular weight excluding hydrogens is 296 g/mol. The van der Waals surface area contributed by atoms with Crippen molar-refractivity contribution in [3.8, 4) is 0 Å². The molecule has 3 nitrogen and oxygen atoms in total. The van der Waals surface area contributed by atoms with Crippen molar-refractivity contribution in [1.29, 1.82) is 0 Å². The third kappa shape index (κ3) is 21.4. The summed E-state index contributed by atoms with van der Waals surface area (Å²) in [4.78, 5) is 2.00. The molecule has 0 aromatic rings. The maximum Gasteiger partial charge on any atom is 0.0537 e. The molecule has 0 fully saturated rings. The maximum absolute atomic E-state index is 5.90. The Bertz CT molecular complexity index is 320. The fourth-order valence-electron chi connectivity index (χ4n) is 2.13. The fraction of sp³-hybridized carbons (Fsp3) is 0.857. The van der Waals surface area contributed by atoms with Crippen LogP contribution in [0.4, 0.5) is 0 Å². The van der Waals surface area contributed by atoms with E-state index in [0.29, 0.717) is 17.3 Å². The summed E-state index contributed by atoms with van der Waals surface area (Å²) in [5.74, 6) is 1.17. The third-order valence-electron chi connectivity index (χ3n) is 3.30. The second-order valence-electron chi connectivity index (χ2n) is 8.51. The molecule has 0 saturated carbocycles. The van der Waals surface area contributed by atoms with Crippen molar-refractivity contribution in [3.05, 3.63) is 17.9 Å². The molecule has 0 aliphatic rings. The molecule has 0 spiro atoms. The van der Waals surface area contributed by atoms with Crippen LogP contribution in [0, 0.1) is 17.3 Å². The van der Waals surface area contributed by atoms with Crippen LogP contribution in [0.15, 0.2) is 17.9 Å². The van der Waals surface area contributed by atoms with Gasteiger partial charge in [0, 0.05) is 12.5 Å². The zero-order chi connectivity index (χ0) is 18.5. The molecule has 3 heteroatoms. The zero-order valence-electron chi connectivity index (χ0n) is 18.2. The Morgan fingerprint density at radius 2 is 1.67 bits per heavy atom. The van der Waals surface area contributed by atoms with Crippen LogP contribution in [-0.2, 0) is 4.74 Å². The molecule has 1 atom stereocenters. The predicted octanol–water partition coefficient (Wildman–Crippen LogP) is 5.95. The van der Waals surface area contributed by atoms with E-state index in [1.54, 1.807) is 0 Å². The molecule has 0 aromatic carbocycles. The second-order valence-corrected chi connectivity index (χ2v) is 8.51. The Labute approximate surface area is 153 Å². The number of nitrogens with zero attached hydrogens (tertiary/aromatic N) is 1. The molecule has 0 rings (SSSR count). The van der Waals surface area contributed by atoms with E-state index in [9.17, 15) is 0 Å². The van der Waals surface area contributed by atoms with Crippen molar-refractivity contribution in [2.24, 2.45) is 17.3 Å². The van der Waals surface area contributed by atoms with Crippen LogP contribution in [0.5, 0.6) is 0 Å². The van der Waals surface area contributed by atoms with Crippen LogP contribution in [0.3, 0.4) is 0 Å². The summed E-state index contributed by atoms with van der Waals surface area (Å²) in [7, 11) is 6.00. The van der Waals surface area contributed by atoms with E-state index in [0.717, 1.165) is 26.1 Å². The lowest BCUT2D eigenvalue weighted by atomic mass is 9.89. The molecule has 0 radical (unpaired) electrons. The van der Waals surface area contributed by atoms with E-state index in [1.165, 1.54) is 18.4 Å². The van der Waals surface area contributed by atoms with Gasteiger partial charge in [-0.05, 0) is 57.3 Å². The van der Waals surface area contributed by atoms with Crippen molar-refractivity contribution in [2.45, 2.75) is 67.2 Å². The smallest absolute Gasteiger partial charge is 0.0537 e. The summed E-state index contributed by atoms with van der Waals surface area (Å²) in [6.45, 7) is 19.1. The van der Waals surface area contributed by atoms with Crippen molar-refractivity contribution in [1.82, 2.24) is 11.1 Å². The molecule has 0 heterocycles. The molecule has 0 saturated heterocycles. The van der Waals surface area contributed by atoms with Gasteiger partial charge in [0.25, 0.3) is 0 Å². The van der Waals surface area contributed by atoms with Crippen LogP contribution >= 0.6 is 0 Å². The third-order valence-corrected chi connectivity index (χ3v) is 3.30. The SMILES string of the molecule is C=C=C(CC(C)C)C(CCC)COCCC(C)(C)C.CN(C)C.N. The molecule has 0 bridgehead atoms. The van der Waals surface area contributed by atoms with E-state index in [1.807, 2.05) is 26.0 Å². The van der Waals surface area contributed by atoms with Gasteiger partial charge in [-0.15, -0.1) is 5.73 Å². The lowest BCUT2D eigenvalue weighted by molar-refractivity contribution is 0.0846. The van der Waals surface area contributed by atoms with Crippen molar-refractivity contribution in [3.63, 3.8) is 0 Å². The first-order valence-electron chi connectivity index (χ1n) is 9.10. The molecule has 0 aromatic heterocycles. The van der Waals surface area contributed by atoms with Crippen LogP contribution in [-0.4, -0.2) is 39.3 Å². The van der Waals surface area contributed by atoms with E-state index in [-0.39, 0.29) is 6.15 Å². The summed E-state index contributed by atoms with van der Waals surface area (Å²) in [5, 5.41) is 0. The molecule has 0 amide bonds. The normalized spacial score (nSPS) is 12.1. The van der Waals surface area contributed by atoms with E-state index in [2.05, 4.69) is 53.9 Å². The molecule has 146 valence electrons. The first kappa shape index (κ1) is 28.2. The summed E-state index contributed by atoms with van der Waals surface area (Å²) in [6, 6.07) is 0. The number of hydrogen-bond acceptors (Lipinski definition) is 3. The number of hydrogen-bond donors (Lipinski definition) is 1. The van der Waals surface area contributed by atoms with Gasteiger partial charge >= 0.3 is 0 Å². The Morgan fingerprint density at radius 3 is 2.00 bits per heavy atom. The average molecular weight is 343 g/mol. The minimum atomic E-state index is 0. The van der Waals surface area contributed by atoms with Crippen LogP contribution in [0.2, 0.25) is 0 Å². The minimum Gasteiger partial charge on any atom is -0.381 e. The minimum absolute atomic E-state index is 0. The van der Waals surface area contributed by atoms with E-state index < -0.39 is 0 Å². The highest BCUT2D eigenvalue weighted by Gasteiger charge is 2.16. The van der Waals surface area contributed by atoms with Crippen LogP contribution in [0.1, 0.15) is 67.2 Å². The van der Waals surface area contributed by atoms with Gasteiger partial charge in [-0.25, -0.2) is 0 Å². The highest BCUT2D eigenvalue weighted by Crippen LogP contribution is 2.24. The summed E-state index contributed by atoms with van der Waals surface area (Å²) in [5.41, 5.74) is 4.87. The Balaban J connectivity index is -0.000000787. The van der Waals surface area contributed by atoms with Crippen molar-refractivity contribution < 1.29 is 4.74 Å². The molecule has 24 heavy (non-hydrogen) atoms. The highest BCUT2D eigenvalue weighted by molar-refractivity contribution is 5.05. The Morgan fingerprint density at radius 1 is 1.17 bits per heavy atom. The standard InChI is InChI=1S/C18H34O.C3H9N.H3N/c1-8-10-17(16(9-2)13-15(3)4)14-19-12-11-18(5,6)7;1-4(2)3;/h15,17H,2,8,10-14H2,1,3-7H3;1-3H3;1H3. The van der Waals surface area contributed by atoms with Gasteiger partial charge in [0.05, 0.1) is 6.61 Å². The average Bonchev–Trinajstić information content (AvgIpc) is 2.37. The first-order valence-corrected chi connectivity index (χ1v) is 9.10. The van der Waals surface area contributed by atoms with Crippen molar-refractivity contribution in [2.75, 3.05) is 34.4 Å². The fourth-order valence-corrected chi connectivity index (χ4v) is 2.13. The number of rotatable bonds is 9. The Hall–Kier alpha value is -0.600. The molecular formula is C21H46N2O. The van der Waals surface area contributed by atoms with Gasteiger partial charge in [-0.2, -0.15) is 0 Å². The first-order chi connectivity index (χ1) is 10.5. The van der Waals surface area contributed by atoms with Gasteiger partial charge in [-0.1, -0.05) is 54.5 Å². The number of ether oxygens (including phenoxy) is 1. The largest absolute Gasteiger partial charge is 0.381 e. The lowest BCUT2D eigenvalue weighted by Gasteiger charge is -2.22. The monoisotopic (exact) mass is 342 g/mol. The molecule has 0 aliphatic heterocycles. The molecule has 0 aliphatic carbocycles. The van der Waals surface area contributed by atoms with Crippen LogP contribution in [0.25, 0.3) is 0 Å².